The number of rotatable bonds is 2. The van der Waals surface area contributed by atoms with Gasteiger partial charge in [-0.3, -0.25) is 0 Å². The second kappa shape index (κ2) is 4.26. The maximum Gasteiger partial charge on any atom is 0.0454 e. The monoisotopic (exact) mass is 247 g/mol. The summed E-state index contributed by atoms with van der Waals surface area (Å²) in [6.45, 7) is 2.04. The molecule has 0 bridgehead atoms. The van der Waals surface area contributed by atoms with E-state index in [0.717, 1.165) is 21.5 Å². The van der Waals surface area contributed by atoms with Gasteiger partial charge in [-0.1, -0.05) is 34.5 Å². The van der Waals surface area contributed by atoms with E-state index >= 15 is 0 Å². The van der Waals surface area contributed by atoms with E-state index in [1.807, 2.05) is 25.1 Å². The average molecular weight is 249 g/mol. The summed E-state index contributed by atoms with van der Waals surface area (Å²) < 4.78 is 1.02. The van der Waals surface area contributed by atoms with Gasteiger partial charge in [-0.15, -0.1) is 0 Å². The van der Waals surface area contributed by atoms with Crippen LogP contribution in [-0.2, 0) is 0 Å². The highest BCUT2D eigenvalue weighted by molar-refractivity contribution is 9.10. The SMILES string of the molecule is CCC(N)c1cc(Br)ccc1Cl. The first kappa shape index (κ1) is 10.0. The van der Waals surface area contributed by atoms with Crippen LogP contribution in [0.5, 0.6) is 0 Å². The smallest absolute Gasteiger partial charge is 0.0454 e. The predicted molar refractivity (Wildman–Crippen MR) is 56.4 cm³/mol. The molecule has 1 unspecified atom stereocenters. The van der Waals surface area contributed by atoms with Crippen molar-refractivity contribution in [2.45, 2.75) is 19.4 Å². The minimum atomic E-state index is 0.0370. The second-order valence-corrected chi connectivity index (χ2v) is 4.00. The second-order valence-electron chi connectivity index (χ2n) is 2.68. The summed E-state index contributed by atoms with van der Waals surface area (Å²) in [5.41, 5.74) is 6.87. The first-order valence-corrected chi connectivity index (χ1v) is 5.02. The van der Waals surface area contributed by atoms with Crippen molar-refractivity contribution in [1.29, 1.82) is 0 Å². The van der Waals surface area contributed by atoms with Crippen LogP contribution in [0, 0.1) is 0 Å². The molecule has 1 rings (SSSR count). The highest BCUT2D eigenvalue weighted by atomic mass is 79.9. The first-order chi connectivity index (χ1) is 5.65. The molecular weight excluding hydrogens is 237 g/mol. The van der Waals surface area contributed by atoms with Crippen molar-refractivity contribution in [1.82, 2.24) is 0 Å². The Bertz CT molecular complexity index is 275. The van der Waals surface area contributed by atoms with E-state index in [9.17, 15) is 0 Å². The average Bonchev–Trinajstić information content (AvgIpc) is 2.08. The molecule has 3 heteroatoms. The quantitative estimate of drug-likeness (QED) is 0.851. The zero-order chi connectivity index (χ0) is 9.14. The predicted octanol–water partition coefficient (Wildman–Crippen LogP) is 3.51. The van der Waals surface area contributed by atoms with Crippen molar-refractivity contribution >= 4 is 27.5 Å². The molecule has 0 spiro atoms. The molecule has 0 saturated carbocycles. The molecule has 1 atom stereocenters. The van der Waals surface area contributed by atoms with Gasteiger partial charge in [0.25, 0.3) is 0 Å². The van der Waals surface area contributed by atoms with Crippen molar-refractivity contribution in [2.24, 2.45) is 5.73 Å². The van der Waals surface area contributed by atoms with E-state index in [2.05, 4.69) is 15.9 Å². The molecule has 0 aliphatic rings. The Balaban J connectivity index is 3.04. The largest absolute Gasteiger partial charge is 0.324 e. The zero-order valence-electron chi connectivity index (χ0n) is 6.85. The van der Waals surface area contributed by atoms with Crippen molar-refractivity contribution < 1.29 is 0 Å². The maximum atomic E-state index is 5.97. The minimum Gasteiger partial charge on any atom is -0.324 e. The highest BCUT2D eigenvalue weighted by Crippen LogP contribution is 2.26. The molecule has 0 radical (unpaired) electrons. The van der Waals surface area contributed by atoms with Gasteiger partial charge in [-0.25, -0.2) is 0 Å². The molecule has 0 aliphatic carbocycles. The molecule has 0 heterocycles. The van der Waals surface area contributed by atoms with Crippen LogP contribution in [0.1, 0.15) is 24.9 Å². The van der Waals surface area contributed by atoms with Crippen LogP contribution >= 0.6 is 27.5 Å². The zero-order valence-corrected chi connectivity index (χ0v) is 9.19. The van der Waals surface area contributed by atoms with E-state index in [1.54, 1.807) is 0 Å². The number of hydrogen-bond donors (Lipinski definition) is 1. The number of nitrogens with two attached hydrogens (primary N) is 1. The Hall–Kier alpha value is -0.0500. The summed E-state index contributed by atoms with van der Waals surface area (Å²) in [5.74, 6) is 0. The third-order valence-corrected chi connectivity index (χ3v) is 2.63. The standard InChI is InChI=1S/C9H11BrClN/c1-2-9(12)7-5-6(10)3-4-8(7)11/h3-5,9H,2,12H2,1H3. The molecule has 0 saturated heterocycles. The summed E-state index contributed by atoms with van der Waals surface area (Å²) in [4.78, 5) is 0. The maximum absolute atomic E-state index is 5.97. The number of hydrogen-bond acceptors (Lipinski definition) is 1. The Labute approximate surface area is 86.0 Å². The summed E-state index contributed by atoms with van der Waals surface area (Å²) in [6.07, 6.45) is 0.899. The molecule has 0 amide bonds. The first-order valence-electron chi connectivity index (χ1n) is 3.85. The van der Waals surface area contributed by atoms with Gasteiger partial charge in [0, 0.05) is 15.5 Å². The van der Waals surface area contributed by atoms with Gasteiger partial charge in [-0.2, -0.15) is 0 Å². The van der Waals surface area contributed by atoms with Gasteiger partial charge < -0.3 is 5.73 Å². The minimum absolute atomic E-state index is 0.0370. The van der Waals surface area contributed by atoms with Crippen molar-refractivity contribution in [2.75, 3.05) is 0 Å². The van der Waals surface area contributed by atoms with E-state index in [-0.39, 0.29) is 6.04 Å². The van der Waals surface area contributed by atoms with Crippen LogP contribution in [0.15, 0.2) is 22.7 Å². The lowest BCUT2D eigenvalue weighted by Crippen LogP contribution is -2.08. The molecule has 0 aromatic heterocycles. The summed E-state index contributed by atoms with van der Waals surface area (Å²) in [5, 5.41) is 0.743. The Morgan fingerprint density at radius 1 is 1.58 bits per heavy atom. The van der Waals surface area contributed by atoms with Crippen molar-refractivity contribution in [3.8, 4) is 0 Å². The molecule has 1 nitrogen and oxygen atoms in total. The number of halogens is 2. The summed E-state index contributed by atoms with van der Waals surface area (Å²) >= 11 is 9.35. The van der Waals surface area contributed by atoms with Gasteiger partial charge in [-0.05, 0) is 30.2 Å². The van der Waals surface area contributed by atoms with Gasteiger partial charge >= 0.3 is 0 Å². The number of benzene rings is 1. The third kappa shape index (κ3) is 2.22. The molecule has 2 N–H and O–H groups in total. The van der Waals surface area contributed by atoms with E-state index in [1.165, 1.54) is 0 Å². The topological polar surface area (TPSA) is 26.0 Å². The summed E-state index contributed by atoms with van der Waals surface area (Å²) in [6, 6.07) is 5.77. The Morgan fingerprint density at radius 3 is 2.83 bits per heavy atom. The van der Waals surface area contributed by atoms with Gasteiger partial charge in [0.2, 0.25) is 0 Å². The van der Waals surface area contributed by atoms with Crippen LogP contribution in [0.4, 0.5) is 0 Å². The normalized spacial score (nSPS) is 13.0. The van der Waals surface area contributed by atoms with Gasteiger partial charge in [0.1, 0.15) is 0 Å². The van der Waals surface area contributed by atoms with E-state index in [0.29, 0.717) is 0 Å². The van der Waals surface area contributed by atoms with Gasteiger partial charge in [0.05, 0.1) is 0 Å². The summed E-state index contributed by atoms with van der Waals surface area (Å²) in [7, 11) is 0. The lowest BCUT2D eigenvalue weighted by atomic mass is 10.1. The highest BCUT2D eigenvalue weighted by Gasteiger charge is 2.07. The van der Waals surface area contributed by atoms with Crippen molar-refractivity contribution in [3.05, 3.63) is 33.3 Å². The lowest BCUT2D eigenvalue weighted by Gasteiger charge is -2.11. The molecular formula is C9H11BrClN. The van der Waals surface area contributed by atoms with Crippen molar-refractivity contribution in [3.63, 3.8) is 0 Å². The fraction of sp³-hybridized carbons (Fsp3) is 0.333. The molecule has 0 fully saturated rings. The fourth-order valence-corrected chi connectivity index (χ4v) is 1.66. The molecule has 0 aliphatic heterocycles. The van der Waals surface area contributed by atoms with Crippen LogP contribution in [0.3, 0.4) is 0 Å². The van der Waals surface area contributed by atoms with Gasteiger partial charge in [0.15, 0.2) is 0 Å². The van der Waals surface area contributed by atoms with E-state index in [4.69, 9.17) is 17.3 Å². The molecule has 12 heavy (non-hydrogen) atoms. The molecule has 1 aromatic rings. The molecule has 66 valence electrons. The Morgan fingerprint density at radius 2 is 2.25 bits per heavy atom. The van der Waals surface area contributed by atoms with Crippen LogP contribution < -0.4 is 5.73 Å². The Kier molecular flexibility index (Phi) is 3.56. The fourth-order valence-electron chi connectivity index (χ4n) is 1.02. The van der Waals surface area contributed by atoms with Crippen LogP contribution in [-0.4, -0.2) is 0 Å². The third-order valence-electron chi connectivity index (χ3n) is 1.80. The lowest BCUT2D eigenvalue weighted by molar-refractivity contribution is 0.698. The van der Waals surface area contributed by atoms with E-state index < -0.39 is 0 Å². The molecule has 1 aromatic carbocycles. The van der Waals surface area contributed by atoms with Crippen LogP contribution in [0.25, 0.3) is 0 Å². The van der Waals surface area contributed by atoms with Crippen LogP contribution in [0.2, 0.25) is 5.02 Å².